The Kier molecular flexibility index (Phi) is 5.68. The van der Waals surface area contributed by atoms with Gasteiger partial charge in [0.2, 0.25) is 0 Å². The second-order valence-electron chi connectivity index (χ2n) is 2.31. The van der Waals surface area contributed by atoms with E-state index >= 15 is 0 Å². The van der Waals surface area contributed by atoms with E-state index in [4.69, 9.17) is 0 Å². The van der Waals surface area contributed by atoms with E-state index in [0.29, 0.717) is 6.61 Å². The van der Waals surface area contributed by atoms with Crippen LogP contribution in [0.2, 0.25) is 0 Å². The van der Waals surface area contributed by atoms with Gasteiger partial charge in [-0.05, 0) is 13.3 Å². The van der Waals surface area contributed by atoms with Crippen LogP contribution in [0.3, 0.4) is 0 Å². The van der Waals surface area contributed by atoms with Gasteiger partial charge in [0.25, 0.3) is 5.97 Å². The Bertz CT molecular complexity index is 212. The second kappa shape index (κ2) is 6.28. The third-order valence-electron chi connectivity index (χ3n) is 1.33. The molecular weight excluding hydrogens is 171 g/mol. The van der Waals surface area contributed by atoms with Crippen LogP contribution in [-0.2, 0) is 19.0 Å². The molecule has 13 heavy (non-hydrogen) atoms. The lowest BCUT2D eigenvalue weighted by molar-refractivity contribution is -0.138. The molecule has 2 radical (unpaired) electrons. The van der Waals surface area contributed by atoms with Gasteiger partial charge in [-0.25, -0.2) is 4.79 Å². The van der Waals surface area contributed by atoms with Gasteiger partial charge in [-0.3, -0.25) is 4.79 Å². The Morgan fingerprint density at radius 1 is 1.38 bits per heavy atom. The molecule has 70 valence electrons. The van der Waals surface area contributed by atoms with Crippen molar-refractivity contribution in [1.82, 2.24) is 0 Å². The number of hydrogen-bond acceptors (Lipinski definition) is 4. The van der Waals surface area contributed by atoms with E-state index in [9.17, 15) is 9.59 Å². The molecule has 0 heterocycles. The molecule has 0 aromatic carbocycles. The summed E-state index contributed by atoms with van der Waals surface area (Å²) in [5.41, 5.74) is 0.243. The summed E-state index contributed by atoms with van der Waals surface area (Å²) in [5, 5.41) is 0. The van der Waals surface area contributed by atoms with Crippen molar-refractivity contribution in [3.8, 4) is 0 Å². The van der Waals surface area contributed by atoms with Crippen molar-refractivity contribution in [3.05, 3.63) is 12.2 Å². The van der Waals surface area contributed by atoms with Gasteiger partial charge in [0.05, 0.1) is 6.61 Å². The largest absolute Gasteiger partial charge is 0.543 e. The molecule has 0 aliphatic rings. The fourth-order valence-corrected chi connectivity index (χ4v) is 0.647. The van der Waals surface area contributed by atoms with E-state index in [1.54, 1.807) is 6.92 Å². The van der Waals surface area contributed by atoms with Gasteiger partial charge >= 0.3 is 14.0 Å². The number of ether oxygens (including phenoxy) is 1. The number of hydrogen-bond donors (Lipinski definition) is 0. The van der Waals surface area contributed by atoms with E-state index in [0.717, 1.165) is 0 Å². The summed E-state index contributed by atoms with van der Waals surface area (Å²) >= 11 is 0. The maximum absolute atomic E-state index is 10.9. The Hall–Kier alpha value is -1.26. The average Bonchev–Trinajstić information content (AvgIpc) is 2.13. The topological polar surface area (TPSA) is 52.6 Å². The summed E-state index contributed by atoms with van der Waals surface area (Å²) in [6.07, 6.45) is 0.239. The van der Waals surface area contributed by atoms with E-state index in [1.807, 2.05) is 0 Å². The van der Waals surface area contributed by atoms with Crippen molar-refractivity contribution < 1.29 is 19.0 Å². The Morgan fingerprint density at radius 3 is 2.46 bits per heavy atom. The fraction of sp³-hybridized carbons (Fsp3) is 0.500. The van der Waals surface area contributed by atoms with Gasteiger partial charge in [-0.15, -0.1) is 0 Å². The van der Waals surface area contributed by atoms with Gasteiger partial charge in [-0.1, -0.05) is 6.58 Å². The highest BCUT2D eigenvalue weighted by Crippen LogP contribution is 2.05. The molecule has 0 rings (SSSR count). The Labute approximate surface area is 78.3 Å². The second-order valence-corrected chi connectivity index (χ2v) is 2.31. The third-order valence-corrected chi connectivity index (χ3v) is 1.33. The van der Waals surface area contributed by atoms with Crippen LogP contribution < -0.4 is 0 Å². The lowest BCUT2D eigenvalue weighted by Crippen LogP contribution is -2.09. The number of rotatable bonds is 5. The Morgan fingerprint density at radius 2 is 2.00 bits per heavy atom. The minimum atomic E-state index is -0.578. The molecule has 0 saturated heterocycles. The van der Waals surface area contributed by atoms with Gasteiger partial charge in [0.1, 0.15) is 0 Å². The number of carbonyl (C=O) groups excluding carboxylic acids is 2. The first kappa shape index (κ1) is 11.7. The molecule has 5 heteroatoms. The lowest BCUT2D eigenvalue weighted by Gasteiger charge is -2.03. The molecule has 0 unspecified atom stereocenters. The highest BCUT2D eigenvalue weighted by atomic mass is 16.5. The van der Waals surface area contributed by atoms with Crippen LogP contribution in [0.4, 0.5) is 0 Å². The number of carbonyl (C=O) groups is 2. The minimum absolute atomic E-state index is 0.0359. The summed E-state index contributed by atoms with van der Waals surface area (Å²) < 4.78 is 8.56. The molecule has 0 aromatic rings. The maximum atomic E-state index is 10.9. The van der Waals surface area contributed by atoms with Crippen LogP contribution in [-0.4, -0.2) is 26.6 Å². The molecule has 4 nitrogen and oxygen atoms in total. The van der Waals surface area contributed by atoms with E-state index in [2.05, 4.69) is 24.0 Å². The van der Waals surface area contributed by atoms with Gasteiger partial charge in [0.15, 0.2) is 0 Å². The first-order valence-electron chi connectivity index (χ1n) is 3.86. The first-order chi connectivity index (χ1) is 6.11. The SMILES string of the molecule is [B]OC(=O)CCC(=C)C(=O)OCC. The molecule has 0 atom stereocenters. The van der Waals surface area contributed by atoms with Gasteiger partial charge < -0.3 is 9.39 Å². The summed E-state index contributed by atoms with van der Waals surface area (Å²) in [6, 6.07) is 0. The molecule has 0 amide bonds. The fourth-order valence-electron chi connectivity index (χ4n) is 0.647. The molecule has 0 aliphatic heterocycles. The molecule has 0 aliphatic carbocycles. The average molecular weight is 182 g/mol. The monoisotopic (exact) mass is 182 g/mol. The highest BCUT2D eigenvalue weighted by molar-refractivity contribution is 6.05. The normalized spacial score (nSPS) is 9.00. The zero-order valence-corrected chi connectivity index (χ0v) is 7.54. The molecule has 0 aromatic heterocycles. The molecule has 0 fully saturated rings. The van der Waals surface area contributed by atoms with Crippen molar-refractivity contribution in [2.24, 2.45) is 0 Å². The molecule has 0 saturated carbocycles. The zero-order valence-electron chi connectivity index (χ0n) is 7.54. The van der Waals surface area contributed by atoms with Crippen LogP contribution in [0, 0.1) is 0 Å². The summed E-state index contributed by atoms with van der Waals surface area (Å²) in [7, 11) is 4.60. The quantitative estimate of drug-likeness (QED) is 0.353. The van der Waals surface area contributed by atoms with Crippen molar-refractivity contribution in [1.29, 1.82) is 0 Å². The smallest absolute Gasteiger partial charge is 0.378 e. The summed E-state index contributed by atoms with van der Waals surface area (Å²) in [4.78, 5) is 21.5. The standard InChI is InChI=1S/C8H11BO4/c1-3-12-8(11)6(2)4-5-7(10)13-9/h2-5H2,1H3. The highest BCUT2D eigenvalue weighted by Gasteiger charge is 2.09. The Balaban J connectivity index is 3.74. The molecule has 0 spiro atoms. The van der Waals surface area contributed by atoms with Crippen LogP contribution in [0.1, 0.15) is 19.8 Å². The van der Waals surface area contributed by atoms with Crippen molar-refractivity contribution in [2.45, 2.75) is 19.8 Å². The van der Waals surface area contributed by atoms with Crippen molar-refractivity contribution in [2.75, 3.05) is 6.61 Å². The predicted molar refractivity (Wildman–Crippen MR) is 46.9 cm³/mol. The van der Waals surface area contributed by atoms with E-state index in [1.165, 1.54) is 0 Å². The van der Waals surface area contributed by atoms with E-state index in [-0.39, 0.29) is 18.4 Å². The first-order valence-corrected chi connectivity index (χ1v) is 3.86. The predicted octanol–water partition coefficient (Wildman–Crippen LogP) is 0.513. The maximum Gasteiger partial charge on any atom is 0.378 e. The van der Waals surface area contributed by atoms with Crippen LogP contribution in [0.15, 0.2) is 12.2 Å². The molecular formula is C8H11BO4. The zero-order chi connectivity index (χ0) is 10.3. The van der Waals surface area contributed by atoms with Crippen LogP contribution >= 0.6 is 0 Å². The van der Waals surface area contributed by atoms with Crippen LogP contribution in [0.25, 0.3) is 0 Å². The summed E-state index contributed by atoms with van der Waals surface area (Å²) in [5.74, 6) is -1.07. The minimum Gasteiger partial charge on any atom is -0.543 e. The van der Waals surface area contributed by atoms with Gasteiger partial charge in [-0.2, -0.15) is 0 Å². The van der Waals surface area contributed by atoms with E-state index < -0.39 is 11.9 Å². The molecule has 0 N–H and O–H groups in total. The van der Waals surface area contributed by atoms with Gasteiger partial charge in [0, 0.05) is 12.0 Å². The van der Waals surface area contributed by atoms with Crippen LogP contribution in [0.5, 0.6) is 0 Å². The van der Waals surface area contributed by atoms with Crippen molar-refractivity contribution >= 4 is 20.0 Å². The molecule has 0 bridgehead atoms. The number of esters is 1. The van der Waals surface area contributed by atoms with Crippen molar-refractivity contribution in [3.63, 3.8) is 0 Å². The third kappa shape index (κ3) is 5.06. The lowest BCUT2D eigenvalue weighted by atomic mass is 10.1. The summed E-state index contributed by atoms with van der Waals surface area (Å²) in [6.45, 7) is 5.44.